The zero-order chi connectivity index (χ0) is 24.1. The van der Waals surface area contributed by atoms with Crippen LogP contribution in [-0.2, 0) is 16.9 Å². The van der Waals surface area contributed by atoms with Crippen LogP contribution in [-0.4, -0.2) is 58.5 Å². The second-order valence-corrected chi connectivity index (χ2v) is 7.69. The zero-order valence-electron chi connectivity index (χ0n) is 19.1. The van der Waals surface area contributed by atoms with Gasteiger partial charge in [0.15, 0.2) is 5.16 Å². The highest BCUT2D eigenvalue weighted by Crippen LogP contribution is 2.18. The minimum absolute atomic E-state index is 0.0125. The molecule has 0 bridgehead atoms. The van der Waals surface area contributed by atoms with Gasteiger partial charge in [-0.25, -0.2) is 19.3 Å². The summed E-state index contributed by atoms with van der Waals surface area (Å²) in [7, 11) is 1.61. The average molecular weight is 476 g/mol. The fourth-order valence-corrected chi connectivity index (χ4v) is 3.58. The Balaban J connectivity index is 0.00000187. The number of nitrogens with zero attached hydrogens (tertiary/aromatic N) is 4. The van der Waals surface area contributed by atoms with Crippen molar-refractivity contribution in [2.75, 3.05) is 38.3 Å². The van der Waals surface area contributed by atoms with Gasteiger partial charge < -0.3 is 19.7 Å². The van der Waals surface area contributed by atoms with Crippen molar-refractivity contribution in [1.29, 1.82) is 0 Å². The Hall–Kier alpha value is -2.82. The maximum Gasteiger partial charge on any atom is 0.255 e. The largest absolute Gasteiger partial charge is 0.395 e. The molecule has 1 aromatic carbocycles. The Kier molecular flexibility index (Phi) is 11.5. The molecule has 0 aliphatic carbocycles. The summed E-state index contributed by atoms with van der Waals surface area (Å²) in [6.07, 6.45) is 5.23. The van der Waals surface area contributed by atoms with Crippen molar-refractivity contribution in [2.45, 2.75) is 31.2 Å². The van der Waals surface area contributed by atoms with E-state index in [1.165, 1.54) is 23.9 Å². The van der Waals surface area contributed by atoms with Crippen LogP contribution < -0.4 is 10.5 Å². The lowest BCUT2D eigenvalue weighted by Crippen LogP contribution is -2.31. The van der Waals surface area contributed by atoms with E-state index in [-0.39, 0.29) is 18.0 Å². The Bertz CT molecular complexity index is 1020. The van der Waals surface area contributed by atoms with E-state index >= 15 is 0 Å². The normalized spacial score (nSPS) is 10.5. The summed E-state index contributed by atoms with van der Waals surface area (Å²) in [6, 6.07) is 6.22. The number of nitrogens with one attached hydrogen (secondary N) is 1. The van der Waals surface area contributed by atoms with Crippen molar-refractivity contribution in [2.24, 2.45) is 0 Å². The molecule has 0 spiro atoms. The van der Waals surface area contributed by atoms with Gasteiger partial charge in [-0.2, -0.15) is 0 Å². The molecule has 0 fully saturated rings. The van der Waals surface area contributed by atoms with Crippen LogP contribution in [0.15, 0.2) is 52.8 Å². The summed E-state index contributed by atoms with van der Waals surface area (Å²) in [4.78, 5) is 30.0. The fraction of sp³-hybridized carbons (Fsp3) is 0.391. The minimum atomic E-state index is -0.280. The number of thioether (sulfide) groups is 1. The highest BCUT2D eigenvalue weighted by molar-refractivity contribution is 7.98. The van der Waals surface area contributed by atoms with Crippen LogP contribution in [0.5, 0.6) is 0 Å². The summed E-state index contributed by atoms with van der Waals surface area (Å²) in [6.45, 7) is 5.46. The van der Waals surface area contributed by atoms with Crippen LogP contribution in [0.1, 0.15) is 30.5 Å². The number of halogens is 1. The lowest BCUT2D eigenvalue weighted by atomic mass is 10.1. The molecule has 8 nitrogen and oxygen atoms in total. The number of aromatic nitrogens is 4. The molecule has 0 saturated carbocycles. The number of H-pyrrole nitrogens is 1. The van der Waals surface area contributed by atoms with Crippen LogP contribution in [0.4, 0.5) is 10.3 Å². The molecular formula is C23H30FN5O3S. The van der Waals surface area contributed by atoms with Gasteiger partial charge in [0.25, 0.3) is 5.56 Å². The van der Waals surface area contributed by atoms with Crippen molar-refractivity contribution in [1.82, 2.24) is 19.9 Å². The topological polar surface area (TPSA) is 104 Å². The van der Waals surface area contributed by atoms with Crippen molar-refractivity contribution >= 4 is 17.7 Å². The van der Waals surface area contributed by atoms with E-state index in [0.717, 1.165) is 11.1 Å². The number of benzene rings is 1. The van der Waals surface area contributed by atoms with E-state index in [9.17, 15) is 14.3 Å². The SMILES string of the molecule is CC.COCCN(CCO)c1ncc(Cc2cnc(SCc3ccc(F)cc3)[nH]c2=O)cn1. The maximum atomic E-state index is 13.0. The third-order valence-corrected chi connectivity index (χ3v) is 5.40. The first kappa shape index (κ1) is 26.4. The molecule has 2 N–H and O–H groups in total. The number of ether oxygens (including phenoxy) is 1. The third-order valence-electron chi connectivity index (χ3n) is 4.44. The van der Waals surface area contributed by atoms with E-state index in [4.69, 9.17) is 4.74 Å². The predicted molar refractivity (Wildman–Crippen MR) is 128 cm³/mol. The van der Waals surface area contributed by atoms with Gasteiger partial charge in [0.2, 0.25) is 5.95 Å². The Morgan fingerprint density at radius 2 is 1.76 bits per heavy atom. The number of methoxy groups -OCH3 is 1. The molecule has 3 aromatic rings. The molecule has 0 saturated heterocycles. The van der Waals surface area contributed by atoms with Gasteiger partial charge in [-0.05, 0) is 23.3 Å². The zero-order valence-corrected chi connectivity index (χ0v) is 19.9. The third kappa shape index (κ3) is 8.56. The number of hydrogen-bond acceptors (Lipinski definition) is 8. The van der Waals surface area contributed by atoms with E-state index in [1.807, 2.05) is 18.7 Å². The second-order valence-electron chi connectivity index (χ2n) is 6.73. The average Bonchev–Trinajstić information content (AvgIpc) is 2.85. The Labute approximate surface area is 197 Å². The number of anilines is 1. The van der Waals surface area contributed by atoms with Crippen molar-refractivity contribution < 1.29 is 14.2 Å². The van der Waals surface area contributed by atoms with E-state index in [1.54, 1.807) is 37.8 Å². The summed E-state index contributed by atoms with van der Waals surface area (Å²) >= 11 is 1.37. The first-order chi connectivity index (χ1) is 16.1. The maximum absolute atomic E-state index is 13.0. The number of aliphatic hydroxyl groups is 1. The quantitative estimate of drug-likeness (QED) is 0.322. The van der Waals surface area contributed by atoms with E-state index in [2.05, 4.69) is 19.9 Å². The number of rotatable bonds is 11. The summed E-state index contributed by atoms with van der Waals surface area (Å²) in [5.41, 5.74) is 2.01. The molecule has 3 rings (SSSR count). The predicted octanol–water partition coefficient (Wildman–Crippen LogP) is 3.05. The lowest BCUT2D eigenvalue weighted by Gasteiger charge is -2.21. The van der Waals surface area contributed by atoms with Gasteiger partial charge in [-0.15, -0.1) is 0 Å². The minimum Gasteiger partial charge on any atom is -0.395 e. The van der Waals surface area contributed by atoms with Crippen molar-refractivity contribution in [3.8, 4) is 0 Å². The van der Waals surface area contributed by atoms with Crippen LogP contribution >= 0.6 is 11.8 Å². The Morgan fingerprint density at radius 1 is 1.06 bits per heavy atom. The van der Waals surface area contributed by atoms with Crippen molar-refractivity contribution in [3.05, 3.63) is 75.7 Å². The first-order valence-electron chi connectivity index (χ1n) is 10.7. The van der Waals surface area contributed by atoms with Gasteiger partial charge in [0.1, 0.15) is 5.82 Å². The first-order valence-corrected chi connectivity index (χ1v) is 11.7. The lowest BCUT2D eigenvalue weighted by molar-refractivity contribution is 0.202. The van der Waals surface area contributed by atoms with E-state index < -0.39 is 0 Å². The van der Waals surface area contributed by atoms with E-state index in [0.29, 0.717) is 48.5 Å². The molecule has 2 heterocycles. The molecule has 0 aliphatic heterocycles. The standard InChI is InChI=1S/C21H24FN5O3S.C2H6/c1-30-9-7-27(6-8-28)20-23-11-16(12-24-20)10-17-13-25-21(26-19(17)29)31-14-15-2-4-18(22)5-3-15;1-2/h2-5,11-13,28H,6-10,14H2,1H3,(H,25,26,29);1-2H3. The molecule has 33 heavy (non-hydrogen) atoms. The second kappa shape index (κ2) is 14.4. The fourth-order valence-electron chi connectivity index (χ4n) is 2.79. The molecule has 0 atom stereocenters. The van der Waals surface area contributed by atoms with Crippen LogP contribution in [0.3, 0.4) is 0 Å². The summed E-state index contributed by atoms with van der Waals surface area (Å²) in [5.74, 6) is 0.790. The smallest absolute Gasteiger partial charge is 0.255 e. The van der Waals surface area contributed by atoms with Gasteiger partial charge in [0.05, 0.1) is 13.2 Å². The Morgan fingerprint density at radius 3 is 2.36 bits per heavy atom. The monoisotopic (exact) mass is 475 g/mol. The highest BCUT2D eigenvalue weighted by Gasteiger charge is 2.10. The molecule has 0 aliphatic rings. The summed E-state index contributed by atoms with van der Waals surface area (Å²) < 4.78 is 18.1. The molecule has 2 aromatic heterocycles. The van der Waals surface area contributed by atoms with Gasteiger partial charge in [-0.1, -0.05) is 37.7 Å². The number of aliphatic hydroxyl groups excluding tert-OH is 1. The molecule has 0 amide bonds. The molecule has 0 unspecified atom stereocenters. The number of aromatic amines is 1. The van der Waals surface area contributed by atoms with Crippen molar-refractivity contribution in [3.63, 3.8) is 0 Å². The number of hydrogen-bond donors (Lipinski definition) is 2. The van der Waals surface area contributed by atoms with Gasteiger partial charge in [0, 0.05) is 56.5 Å². The highest BCUT2D eigenvalue weighted by atomic mass is 32.2. The molecule has 0 radical (unpaired) electrons. The van der Waals surface area contributed by atoms with Crippen LogP contribution in [0.2, 0.25) is 0 Å². The molecule has 10 heteroatoms. The van der Waals surface area contributed by atoms with Gasteiger partial charge >= 0.3 is 0 Å². The molecule has 178 valence electrons. The van der Waals surface area contributed by atoms with Crippen LogP contribution in [0.25, 0.3) is 0 Å². The van der Waals surface area contributed by atoms with Crippen LogP contribution in [0, 0.1) is 5.82 Å². The molecular weight excluding hydrogens is 445 g/mol. The summed E-state index contributed by atoms with van der Waals surface area (Å²) in [5, 5.41) is 9.72. The van der Waals surface area contributed by atoms with Gasteiger partial charge in [-0.3, -0.25) is 4.79 Å².